The Kier molecular flexibility index (Phi) is 7.30. The van der Waals surface area contributed by atoms with Gasteiger partial charge in [0.1, 0.15) is 16.7 Å². The Hall–Kier alpha value is -2.72. The molecular formula is C19H22N4O2S. The zero-order valence-electron chi connectivity index (χ0n) is 14.7. The lowest BCUT2D eigenvalue weighted by molar-refractivity contribution is -0.127. The predicted octanol–water partition coefficient (Wildman–Crippen LogP) is 2.49. The van der Waals surface area contributed by atoms with Crippen LogP contribution in [-0.4, -0.2) is 41.6 Å². The quantitative estimate of drug-likeness (QED) is 0.417. The third kappa shape index (κ3) is 4.67. The number of hydrogen-bond acceptors (Lipinski definition) is 5. The number of amides is 2. The molecule has 1 atom stereocenters. The molecule has 1 aliphatic rings. The van der Waals surface area contributed by atoms with Crippen molar-refractivity contribution < 1.29 is 9.59 Å². The first kappa shape index (κ1) is 19.6. The standard InChI is InChI=1S/C19H22N4O2S/c1-3-11-22-17(24)15(13-20)19-23(4-2)18(25)16(26-19)10-12-21-14-8-6-5-7-9-14/h3,5-9,16,21H,1,4,10-12H2,2H3,(H,22,24)/b19-15-. The number of nitrogens with one attached hydrogen (secondary N) is 2. The summed E-state index contributed by atoms with van der Waals surface area (Å²) in [7, 11) is 0. The number of hydrogen-bond donors (Lipinski definition) is 2. The third-order valence-electron chi connectivity index (χ3n) is 3.83. The van der Waals surface area contributed by atoms with Crippen molar-refractivity contribution in [3.05, 3.63) is 53.6 Å². The van der Waals surface area contributed by atoms with Crippen LogP contribution in [0.25, 0.3) is 0 Å². The van der Waals surface area contributed by atoms with Crippen LogP contribution in [0.15, 0.2) is 53.6 Å². The molecule has 136 valence electrons. The highest BCUT2D eigenvalue weighted by atomic mass is 32.2. The number of carbonyl (C=O) groups excluding carboxylic acids is 2. The molecule has 1 heterocycles. The van der Waals surface area contributed by atoms with Gasteiger partial charge < -0.3 is 15.5 Å². The lowest BCUT2D eigenvalue weighted by atomic mass is 10.2. The normalized spacial score (nSPS) is 18.2. The lowest BCUT2D eigenvalue weighted by Crippen LogP contribution is -2.32. The van der Waals surface area contributed by atoms with Gasteiger partial charge in [-0.05, 0) is 25.5 Å². The van der Waals surface area contributed by atoms with E-state index in [1.807, 2.05) is 43.3 Å². The molecule has 1 aliphatic heterocycles. The van der Waals surface area contributed by atoms with E-state index in [0.717, 1.165) is 5.69 Å². The summed E-state index contributed by atoms with van der Waals surface area (Å²) in [6.07, 6.45) is 2.14. The summed E-state index contributed by atoms with van der Waals surface area (Å²) in [5.41, 5.74) is 0.971. The highest BCUT2D eigenvalue weighted by Gasteiger charge is 2.38. The highest BCUT2D eigenvalue weighted by molar-refractivity contribution is 8.04. The topological polar surface area (TPSA) is 85.2 Å². The van der Waals surface area contributed by atoms with Crippen LogP contribution in [-0.2, 0) is 9.59 Å². The number of anilines is 1. The van der Waals surface area contributed by atoms with E-state index in [1.54, 1.807) is 6.08 Å². The Labute approximate surface area is 157 Å². The van der Waals surface area contributed by atoms with Gasteiger partial charge in [0.15, 0.2) is 0 Å². The fourth-order valence-electron chi connectivity index (χ4n) is 2.55. The van der Waals surface area contributed by atoms with Crippen molar-refractivity contribution in [2.75, 3.05) is 25.0 Å². The first-order valence-electron chi connectivity index (χ1n) is 8.42. The van der Waals surface area contributed by atoms with Crippen molar-refractivity contribution in [3.8, 4) is 6.07 Å². The van der Waals surface area contributed by atoms with E-state index in [9.17, 15) is 14.9 Å². The zero-order valence-corrected chi connectivity index (χ0v) is 15.5. The molecule has 0 aromatic heterocycles. The minimum atomic E-state index is -0.482. The molecular weight excluding hydrogens is 348 g/mol. The molecule has 1 aromatic rings. The number of rotatable bonds is 8. The number of para-hydroxylation sites is 1. The largest absolute Gasteiger partial charge is 0.385 e. The maximum absolute atomic E-state index is 12.6. The number of carbonyl (C=O) groups is 2. The molecule has 1 unspecified atom stereocenters. The van der Waals surface area contributed by atoms with Gasteiger partial charge in [0.05, 0.1) is 5.25 Å². The summed E-state index contributed by atoms with van der Waals surface area (Å²) in [5.74, 6) is -0.546. The zero-order chi connectivity index (χ0) is 18.9. The number of nitrogens with zero attached hydrogens (tertiary/aromatic N) is 2. The van der Waals surface area contributed by atoms with Crippen molar-refractivity contribution in [1.82, 2.24) is 10.2 Å². The van der Waals surface area contributed by atoms with Crippen LogP contribution in [0, 0.1) is 11.3 Å². The van der Waals surface area contributed by atoms with E-state index in [2.05, 4.69) is 17.2 Å². The van der Waals surface area contributed by atoms with Crippen molar-refractivity contribution in [2.45, 2.75) is 18.6 Å². The average molecular weight is 370 g/mol. The van der Waals surface area contributed by atoms with Crippen molar-refractivity contribution in [1.29, 1.82) is 5.26 Å². The van der Waals surface area contributed by atoms with Crippen LogP contribution < -0.4 is 10.6 Å². The fraction of sp³-hybridized carbons (Fsp3) is 0.316. The van der Waals surface area contributed by atoms with Gasteiger partial charge in [-0.1, -0.05) is 36.0 Å². The van der Waals surface area contributed by atoms with Gasteiger partial charge in [0.2, 0.25) is 5.91 Å². The number of benzene rings is 1. The van der Waals surface area contributed by atoms with Crippen molar-refractivity contribution in [2.24, 2.45) is 0 Å². The summed E-state index contributed by atoms with van der Waals surface area (Å²) in [6.45, 7) is 6.69. The van der Waals surface area contributed by atoms with Crippen LogP contribution >= 0.6 is 11.8 Å². The minimum Gasteiger partial charge on any atom is -0.385 e. The molecule has 1 saturated heterocycles. The van der Waals surface area contributed by atoms with E-state index < -0.39 is 5.91 Å². The monoisotopic (exact) mass is 370 g/mol. The highest BCUT2D eigenvalue weighted by Crippen LogP contribution is 2.38. The van der Waals surface area contributed by atoms with Gasteiger partial charge in [-0.15, -0.1) is 6.58 Å². The maximum Gasteiger partial charge on any atom is 0.264 e. The SMILES string of the molecule is C=CCNC(=O)/C(C#N)=C1\SC(CCNc2ccccc2)C(=O)N1CC. The van der Waals surface area contributed by atoms with E-state index in [4.69, 9.17) is 0 Å². The molecule has 2 N–H and O–H groups in total. The molecule has 0 saturated carbocycles. The molecule has 0 bridgehead atoms. The van der Waals surface area contributed by atoms with Gasteiger partial charge >= 0.3 is 0 Å². The maximum atomic E-state index is 12.6. The molecule has 7 heteroatoms. The molecule has 26 heavy (non-hydrogen) atoms. The van der Waals surface area contributed by atoms with Gasteiger partial charge in [-0.25, -0.2) is 0 Å². The second-order valence-electron chi connectivity index (χ2n) is 5.56. The third-order valence-corrected chi connectivity index (χ3v) is 5.20. The number of thioether (sulfide) groups is 1. The smallest absolute Gasteiger partial charge is 0.264 e. The van der Waals surface area contributed by atoms with E-state index in [0.29, 0.717) is 24.5 Å². The number of nitriles is 1. The first-order chi connectivity index (χ1) is 12.6. The predicted molar refractivity (Wildman–Crippen MR) is 104 cm³/mol. The molecule has 0 aliphatic carbocycles. The Morgan fingerprint density at radius 3 is 2.77 bits per heavy atom. The lowest BCUT2D eigenvalue weighted by Gasteiger charge is -2.15. The van der Waals surface area contributed by atoms with E-state index in [1.165, 1.54) is 16.7 Å². The summed E-state index contributed by atoms with van der Waals surface area (Å²) in [5, 5.41) is 15.4. The second-order valence-corrected chi connectivity index (χ2v) is 6.75. The van der Waals surface area contributed by atoms with Crippen LogP contribution in [0.1, 0.15) is 13.3 Å². The molecule has 0 radical (unpaired) electrons. The van der Waals surface area contributed by atoms with E-state index >= 15 is 0 Å². The van der Waals surface area contributed by atoms with Crippen molar-refractivity contribution >= 4 is 29.3 Å². The van der Waals surface area contributed by atoms with Crippen LogP contribution in [0.5, 0.6) is 0 Å². The second kappa shape index (κ2) is 9.68. The van der Waals surface area contributed by atoms with Gasteiger partial charge in [0, 0.05) is 25.3 Å². The van der Waals surface area contributed by atoms with E-state index in [-0.39, 0.29) is 23.3 Å². The summed E-state index contributed by atoms with van der Waals surface area (Å²) < 4.78 is 0. The van der Waals surface area contributed by atoms with Gasteiger partial charge in [0.25, 0.3) is 5.91 Å². The average Bonchev–Trinajstić information content (AvgIpc) is 2.97. The summed E-state index contributed by atoms with van der Waals surface area (Å²) in [4.78, 5) is 26.3. The molecule has 2 rings (SSSR count). The molecule has 1 fully saturated rings. The molecule has 0 spiro atoms. The van der Waals surface area contributed by atoms with Crippen LogP contribution in [0.3, 0.4) is 0 Å². The first-order valence-corrected chi connectivity index (χ1v) is 9.30. The molecule has 1 aromatic carbocycles. The Morgan fingerprint density at radius 2 is 2.15 bits per heavy atom. The van der Waals surface area contributed by atoms with Gasteiger partial charge in [-0.3, -0.25) is 9.59 Å². The minimum absolute atomic E-state index is 0.0226. The molecule has 6 nitrogen and oxygen atoms in total. The summed E-state index contributed by atoms with van der Waals surface area (Å²) in [6, 6.07) is 11.7. The Balaban J connectivity index is 2.08. The van der Waals surface area contributed by atoms with Crippen LogP contribution in [0.2, 0.25) is 0 Å². The summed E-state index contributed by atoms with van der Waals surface area (Å²) >= 11 is 1.29. The Morgan fingerprint density at radius 1 is 1.42 bits per heavy atom. The van der Waals surface area contributed by atoms with Crippen molar-refractivity contribution in [3.63, 3.8) is 0 Å². The fourth-order valence-corrected chi connectivity index (χ4v) is 3.89. The Bertz CT molecular complexity index is 740. The van der Waals surface area contributed by atoms with Crippen LogP contribution in [0.4, 0.5) is 5.69 Å². The molecule has 2 amide bonds. The van der Waals surface area contributed by atoms with Gasteiger partial charge in [-0.2, -0.15) is 5.26 Å².